The molecular weight excluding hydrogens is 274 g/mol. The van der Waals surface area contributed by atoms with Crippen LogP contribution in [0.5, 0.6) is 0 Å². The molecule has 1 aromatic rings. The Labute approximate surface area is 124 Å². The van der Waals surface area contributed by atoms with Crippen LogP contribution >= 0.6 is 11.5 Å². The number of anilines is 2. The maximum atomic E-state index is 11.9. The van der Waals surface area contributed by atoms with Crippen LogP contribution in [0.2, 0.25) is 0 Å². The first-order chi connectivity index (χ1) is 9.72. The Morgan fingerprint density at radius 1 is 1.35 bits per heavy atom. The van der Waals surface area contributed by atoms with Gasteiger partial charge in [-0.2, -0.15) is 4.37 Å². The summed E-state index contributed by atoms with van der Waals surface area (Å²) in [6, 6.07) is 0.406. The number of carbonyl (C=O) groups excluding carboxylic acids is 1. The highest BCUT2D eigenvalue weighted by Crippen LogP contribution is 2.30. The van der Waals surface area contributed by atoms with E-state index in [1.165, 1.54) is 43.6 Å². The van der Waals surface area contributed by atoms with E-state index in [-0.39, 0.29) is 11.8 Å². The average Bonchev–Trinajstić information content (AvgIpc) is 2.74. The van der Waals surface area contributed by atoms with Gasteiger partial charge in [0.1, 0.15) is 10.6 Å². The number of rotatable bonds is 4. The van der Waals surface area contributed by atoms with Crippen LogP contribution in [0.15, 0.2) is 0 Å². The third-order valence-electron chi connectivity index (χ3n) is 3.64. The van der Waals surface area contributed by atoms with Gasteiger partial charge in [-0.25, -0.2) is 4.79 Å². The van der Waals surface area contributed by atoms with Crippen molar-refractivity contribution in [3.05, 3.63) is 5.56 Å². The van der Waals surface area contributed by atoms with Crippen molar-refractivity contribution in [2.45, 2.75) is 57.9 Å². The number of ether oxygens (including phenoxy) is 1. The Balaban J connectivity index is 2.06. The minimum absolute atomic E-state index is 0.266. The molecule has 0 aromatic carbocycles. The van der Waals surface area contributed by atoms with Gasteiger partial charge in [-0.05, 0) is 31.3 Å². The summed E-state index contributed by atoms with van der Waals surface area (Å²) in [5, 5.41) is 4.21. The monoisotopic (exact) mass is 297 g/mol. The molecular formula is C14H23N3O2S. The lowest BCUT2D eigenvalue weighted by Gasteiger charge is -2.21. The molecule has 1 aliphatic carbocycles. The standard InChI is InChI=1S/C14H23N3O2S/c1-2-19-14(18)11-12(15)17-20-13(11)16-10-8-6-4-3-5-7-9-10/h10,16H,2-9H2,1H3,(H2,15,17). The molecule has 0 atom stereocenters. The average molecular weight is 297 g/mol. The van der Waals surface area contributed by atoms with E-state index in [4.69, 9.17) is 10.5 Å². The molecule has 1 aliphatic rings. The lowest BCUT2D eigenvalue weighted by molar-refractivity contribution is 0.0529. The second-order valence-electron chi connectivity index (χ2n) is 5.18. The molecule has 1 saturated carbocycles. The van der Waals surface area contributed by atoms with Gasteiger partial charge >= 0.3 is 5.97 Å². The fourth-order valence-corrected chi connectivity index (χ4v) is 3.37. The Morgan fingerprint density at radius 3 is 2.65 bits per heavy atom. The molecule has 5 nitrogen and oxygen atoms in total. The zero-order valence-electron chi connectivity index (χ0n) is 12.0. The largest absolute Gasteiger partial charge is 0.462 e. The van der Waals surface area contributed by atoms with Crippen LogP contribution < -0.4 is 11.1 Å². The van der Waals surface area contributed by atoms with Gasteiger partial charge in [0.2, 0.25) is 0 Å². The van der Waals surface area contributed by atoms with Crippen LogP contribution in [-0.2, 0) is 4.74 Å². The summed E-state index contributed by atoms with van der Waals surface area (Å²) >= 11 is 1.25. The number of carbonyl (C=O) groups is 1. The van der Waals surface area contributed by atoms with Gasteiger partial charge in [-0.15, -0.1) is 0 Å². The van der Waals surface area contributed by atoms with Crippen molar-refractivity contribution in [3.8, 4) is 0 Å². The SMILES string of the molecule is CCOC(=O)c1c(N)nsc1NC1CCCCCCC1. The lowest BCUT2D eigenvalue weighted by Crippen LogP contribution is -2.21. The molecule has 1 fully saturated rings. The first-order valence-corrected chi connectivity index (χ1v) is 8.18. The smallest absolute Gasteiger partial charge is 0.344 e. The molecule has 2 rings (SSSR count). The number of esters is 1. The molecule has 0 unspecified atom stereocenters. The van der Waals surface area contributed by atoms with Crippen LogP contribution in [0.1, 0.15) is 62.2 Å². The van der Waals surface area contributed by atoms with Crippen molar-refractivity contribution in [3.63, 3.8) is 0 Å². The third-order valence-corrected chi connectivity index (χ3v) is 4.43. The molecule has 0 radical (unpaired) electrons. The molecule has 3 N–H and O–H groups in total. The normalized spacial score (nSPS) is 17.2. The fraction of sp³-hybridized carbons (Fsp3) is 0.714. The Morgan fingerprint density at radius 2 is 2.00 bits per heavy atom. The van der Waals surface area contributed by atoms with E-state index in [1.807, 2.05) is 0 Å². The highest BCUT2D eigenvalue weighted by atomic mass is 32.1. The highest BCUT2D eigenvalue weighted by Gasteiger charge is 2.22. The summed E-state index contributed by atoms with van der Waals surface area (Å²) in [5.74, 6) is -0.117. The van der Waals surface area contributed by atoms with Gasteiger partial charge in [0.15, 0.2) is 5.82 Å². The fourth-order valence-electron chi connectivity index (χ4n) is 2.59. The van der Waals surface area contributed by atoms with Crippen LogP contribution in [-0.4, -0.2) is 23.0 Å². The second kappa shape index (κ2) is 7.47. The number of hydrogen-bond donors (Lipinski definition) is 2. The second-order valence-corrected chi connectivity index (χ2v) is 5.95. The molecule has 20 heavy (non-hydrogen) atoms. The summed E-state index contributed by atoms with van der Waals surface area (Å²) in [6.45, 7) is 2.13. The van der Waals surface area contributed by atoms with Crippen LogP contribution in [0.3, 0.4) is 0 Å². The van der Waals surface area contributed by atoms with E-state index in [0.29, 0.717) is 18.2 Å². The minimum Gasteiger partial charge on any atom is -0.462 e. The molecule has 0 aliphatic heterocycles. The quantitative estimate of drug-likeness (QED) is 0.833. The Kier molecular flexibility index (Phi) is 5.64. The first-order valence-electron chi connectivity index (χ1n) is 7.41. The van der Waals surface area contributed by atoms with Crippen molar-refractivity contribution in [1.29, 1.82) is 0 Å². The molecule has 112 valence electrons. The van der Waals surface area contributed by atoms with Gasteiger partial charge < -0.3 is 15.8 Å². The molecule has 1 aromatic heterocycles. The van der Waals surface area contributed by atoms with Crippen molar-refractivity contribution in [2.75, 3.05) is 17.7 Å². The van der Waals surface area contributed by atoms with Gasteiger partial charge in [-0.1, -0.05) is 32.1 Å². The lowest BCUT2D eigenvalue weighted by atomic mass is 9.97. The topological polar surface area (TPSA) is 77.2 Å². The van der Waals surface area contributed by atoms with Crippen molar-refractivity contribution < 1.29 is 9.53 Å². The van der Waals surface area contributed by atoms with Gasteiger partial charge in [-0.3, -0.25) is 0 Å². The molecule has 0 amide bonds. The van der Waals surface area contributed by atoms with Crippen molar-refractivity contribution in [2.24, 2.45) is 0 Å². The van der Waals surface area contributed by atoms with Crippen LogP contribution in [0, 0.1) is 0 Å². The van der Waals surface area contributed by atoms with E-state index >= 15 is 0 Å². The zero-order chi connectivity index (χ0) is 14.4. The molecule has 0 spiro atoms. The summed E-state index contributed by atoms with van der Waals surface area (Å²) in [4.78, 5) is 11.9. The zero-order valence-corrected chi connectivity index (χ0v) is 12.8. The number of hydrogen-bond acceptors (Lipinski definition) is 6. The number of aromatic nitrogens is 1. The van der Waals surface area contributed by atoms with Gasteiger partial charge in [0.25, 0.3) is 0 Å². The number of nitrogen functional groups attached to an aromatic ring is 1. The maximum Gasteiger partial charge on any atom is 0.344 e. The number of nitrogens with one attached hydrogen (secondary N) is 1. The van der Waals surface area contributed by atoms with Crippen molar-refractivity contribution >= 4 is 28.3 Å². The summed E-state index contributed by atoms with van der Waals surface area (Å²) < 4.78 is 9.13. The summed E-state index contributed by atoms with van der Waals surface area (Å²) in [5.41, 5.74) is 6.19. The van der Waals surface area contributed by atoms with E-state index in [9.17, 15) is 4.79 Å². The molecule has 0 bridgehead atoms. The first kappa shape index (κ1) is 15.1. The van der Waals surface area contributed by atoms with Crippen LogP contribution in [0.4, 0.5) is 10.8 Å². The minimum atomic E-state index is -0.382. The molecule has 1 heterocycles. The van der Waals surface area contributed by atoms with Gasteiger partial charge in [0.05, 0.1) is 6.61 Å². The Bertz CT molecular complexity index is 440. The van der Waals surface area contributed by atoms with E-state index in [0.717, 1.165) is 17.8 Å². The third kappa shape index (κ3) is 3.85. The Hall–Kier alpha value is -1.30. The van der Waals surface area contributed by atoms with Gasteiger partial charge in [0, 0.05) is 6.04 Å². The number of nitrogens with zero attached hydrogens (tertiary/aromatic N) is 1. The summed E-state index contributed by atoms with van der Waals surface area (Å²) in [7, 11) is 0. The number of nitrogens with two attached hydrogens (primary N) is 1. The predicted molar refractivity (Wildman–Crippen MR) is 82.2 cm³/mol. The molecule has 6 heteroatoms. The van der Waals surface area contributed by atoms with E-state index in [1.54, 1.807) is 6.92 Å². The molecule has 0 saturated heterocycles. The predicted octanol–water partition coefficient (Wildman–Crippen LogP) is 3.43. The van der Waals surface area contributed by atoms with Crippen LogP contribution in [0.25, 0.3) is 0 Å². The van der Waals surface area contributed by atoms with E-state index < -0.39 is 0 Å². The highest BCUT2D eigenvalue weighted by molar-refractivity contribution is 7.11. The summed E-state index contributed by atoms with van der Waals surface area (Å²) in [6.07, 6.45) is 8.69. The van der Waals surface area contributed by atoms with Crippen molar-refractivity contribution in [1.82, 2.24) is 4.37 Å². The maximum absolute atomic E-state index is 11.9. The van der Waals surface area contributed by atoms with E-state index in [2.05, 4.69) is 9.69 Å².